The van der Waals surface area contributed by atoms with E-state index in [9.17, 15) is 14.4 Å². The van der Waals surface area contributed by atoms with Gasteiger partial charge in [-0.05, 0) is 36.8 Å². The number of benzene rings is 1. The fourth-order valence-electron chi connectivity index (χ4n) is 1.93. The van der Waals surface area contributed by atoms with E-state index >= 15 is 0 Å². The first-order valence-corrected chi connectivity index (χ1v) is 9.12. The average Bonchev–Trinajstić information content (AvgIpc) is 3.08. The Kier molecular flexibility index (Phi) is 6.72. The van der Waals surface area contributed by atoms with Crippen molar-refractivity contribution in [1.82, 2.24) is 0 Å². The van der Waals surface area contributed by atoms with Crippen LogP contribution in [0.5, 0.6) is 0 Å². The average molecular weight is 379 g/mol. The number of anilines is 1. The molecule has 6 nitrogen and oxygen atoms in total. The van der Waals surface area contributed by atoms with Gasteiger partial charge in [-0.2, -0.15) is 0 Å². The van der Waals surface area contributed by atoms with Gasteiger partial charge < -0.3 is 14.8 Å². The van der Waals surface area contributed by atoms with Gasteiger partial charge in [0, 0.05) is 0 Å². The molecule has 25 heavy (non-hydrogen) atoms. The summed E-state index contributed by atoms with van der Waals surface area (Å²) >= 11 is 2.54. The number of thioether (sulfide) groups is 2. The van der Waals surface area contributed by atoms with E-state index in [-0.39, 0.29) is 22.9 Å². The van der Waals surface area contributed by atoms with E-state index in [0.717, 1.165) is 0 Å². The van der Waals surface area contributed by atoms with Crippen molar-refractivity contribution < 1.29 is 23.9 Å². The van der Waals surface area contributed by atoms with Gasteiger partial charge in [-0.25, -0.2) is 9.59 Å². The molecule has 1 amide bonds. The fraction of sp³-hybridized carbons (Fsp3) is 0.235. The fourth-order valence-corrected chi connectivity index (χ4v) is 3.77. The lowest BCUT2D eigenvalue weighted by Gasteiger charge is -2.14. The number of esters is 2. The van der Waals surface area contributed by atoms with E-state index < -0.39 is 17.8 Å². The number of hydrogen-bond donors (Lipinski definition) is 1. The number of methoxy groups -OCH3 is 1. The predicted molar refractivity (Wildman–Crippen MR) is 99.0 cm³/mol. The maximum atomic E-state index is 12.7. The van der Waals surface area contributed by atoms with Crippen LogP contribution in [0.2, 0.25) is 0 Å². The lowest BCUT2D eigenvalue weighted by atomic mass is 10.1. The summed E-state index contributed by atoms with van der Waals surface area (Å²) in [5.41, 5.74) is 0.369. The Bertz CT molecular complexity index is 745. The lowest BCUT2D eigenvalue weighted by molar-refractivity contribution is -0.143. The van der Waals surface area contributed by atoms with Crippen LogP contribution in [-0.4, -0.2) is 31.1 Å². The van der Waals surface area contributed by atoms with Crippen LogP contribution in [0.25, 0.3) is 0 Å². The minimum Gasteiger partial charge on any atom is -0.465 e. The van der Waals surface area contributed by atoms with Crippen LogP contribution in [0.1, 0.15) is 24.2 Å². The number of rotatable bonds is 5. The molecule has 1 aliphatic heterocycles. The van der Waals surface area contributed by atoms with Gasteiger partial charge in [-0.15, -0.1) is 0 Å². The third-order valence-electron chi connectivity index (χ3n) is 2.96. The summed E-state index contributed by atoms with van der Waals surface area (Å²) in [5.74, 6) is -1.93. The molecule has 1 aromatic rings. The first kappa shape index (κ1) is 19.1. The van der Waals surface area contributed by atoms with E-state index in [2.05, 4.69) is 5.32 Å². The summed E-state index contributed by atoms with van der Waals surface area (Å²) in [5, 5.41) is 6.16. The summed E-state index contributed by atoms with van der Waals surface area (Å²) in [6.45, 7) is 3.41. The van der Waals surface area contributed by atoms with Crippen molar-refractivity contribution in [2.45, 2.75) is 20.0 Å². The zero-order valence-electron chi connectivity index (χ0n) is 13.9. The molecule has 1 heterocycles. The normalized spacial score (nSPS) is 12.9. The second kappa shape index (κ2) is 8.77. The highest BCUT2D eigenvalue weighted by atomic mass is 32.2. The van der Waals surface area contributed by atoms with Crippen molar-refractivity contribution in [3.05, 3.63) is 50.5 Å². The van der Waals surface area contributed by atoms with Gasteiger partial charge in [-0.1, -0.05) is 35.7 Å². The monoisotopic (exact) mass is 379 g/mol. The Morgan fingerprint density at radius 2 is 1.72 bits per heavy atom. The molecule has 8 heteroatoms. The zero-order valence-corrected chi connectivity index (χ0v) is 15.5. The van der Waals surface area contributed by atoms with E-state index in [4.69, 9.17) is 9.47 Å². The number of para-hydroxylation sites is 1. The molecule has 132 valence electrons. The first-order valence-electron chi connectivity index (χ1n) is 7.36. The van der Waals surface area contributed by atoms with E-state index in [1.807, 2.05) is 0 Å². The van der Waals surface area contributed by atoms with Gasteiger partial charge in [0.1, 0.15) is 5.57 Å². The Morgan fingerprint density at radius 1 is 1.08 bits per heavy atom. The van der Waals surface area contributed by atoms with Gasteiger partial charge in [0.15, 0.2) is 0 Å². The Hall–Kier alpha value is -2.19. The molecule has 0 saturated carbocycles. The summed E-state index contributed by atoms with van der Waals surface area (Å²) in [7, 11) is 1.26. The van der Waals surface area contributed by atoms with Crippen LogP contribution in [0.3, 0.4) is 0 Å². The number of hydrogen-bond acceptors (Lipinski definition) is 7. The molecule has 1 aromatic carbocycles. The quantitative estimate of drug-likeness (QED) is 0.363. The minimum absolute atomic E-state index is 0.0895. The van der Waals surface area contributed by atoms with Crippen LogP contribution in [0.4, 0.5) is 5.69 Å². The van der Waals surface area contributed by atoms with Crippen molar-refractivity contribution in [3.8, 4) is 0 Å². The van der Waals surface area contributed by atoms with Gasteiger partial charge >= 0.3 is 11.9 Å². The Morgan fingerprint density at radius 3 is 2.32 bits per heavy atom. The van der Waals surface area contributed by atoms with Crippen LogP contribution in [0.15, 0.2) is 44.9 Å². The number of amides is 1. The molecule has 0 spiro atoms. The zero-order chi connectivity index (χ0) is 18.4. The smallest absolute Gasteiger partial charge is 0.345 e. The molecule has 1 N–H and O–H groups in total. The highest BCUT2D eigenvalue weighted by molar-refractivity contribution is 8.27. The molecular formula is C17H17NO5S2. The second-order valence-electron chi connectivity index (χ2n) is 5.12. The lowest BCUT2D eigenvalue weighted by Crippen LogP contribution is -2.25. The highest BCUT2D eigenvalue weighted by Gasteiger charge is 2.28. The number of carbonyl (C=O) groups is 3. The van der Waals surface area contributed by atoms with Crippen molar-refractivity contribution in [2.24, 2.45) is 0 Å². The molecule has 0 unspecified atom stereocenters. The molecule has 0 aliphatic carbocycles. The van der Waals surface area contributed by atoms with Gasteiger partial charge in [0.2, 0.25) is 0 Å². The third-order valence-corrected chi connectivity index (χ3v) is 5.09. The molecule has 0 fully saturated rings. The topological polar surface area (TPSA) is 81.7 Å². The summed E-state index contributed by atoms with van der Waals surface area (Å²) in [4.78, 5) is 36.9. The largest absolute Gasteiger partial charge is 0.465 e. The molecule has 0 bridgehead atoms. The van der Waals surface area contributed by atoms with Gasteiger partial charge in [-0.3, -0.25) is 4.79 Å². The second-order valence-corrected chi connectivity index (χ2v) is 7.21. The number of ether oxygens (including phenoxy) is 2. The van der Waals surface area contributed by atoms with Crippen molar-refractivity contribution >= 4 is 47.1 Å². The van der Waals surface area contributed by atoms with Crippen LogP contribution in [-0.2, 0) is 19.1 Å². The molecule has 0 saturated heterocycles. The van der Waals surface area contributed by atoms with Crippen molar-refractivity contribution in [3.63, 3.8) is 0 Å². The molecular weight excluding hydrogens is 362 g/mol. The van der Waals surface area contributed by atoms with Crippen LogP contribution < -0.4 is 5.32 Å². The summed E-state index contributed by atoms with van der Waals surface area (Å²) < 4.78 is 10.4. The molecule has 0 radical (unpaired) electrons. The molecule has 0 atom stereocenters. The number of carbonyl (C=O) groups excluding carboxylic acids is 3. The minimum atomic E-state index is -0.707. The Balaban J connectivity index is 2.32. The van der Waals surface area contributed by atoms with Gasteiger partial charge in [0.25, 0.3) is 5.91 Å². The first-order chi connectivity index (χ1) is 11.9. The number of nitrogens with one attached hydrogen (secondary N) is 1. The van der Waals surface area contributed by atoms with E-state index in [1.165, 1.54) is 36.7 Å². The molecule has 1 aliphatic rings. The van der Waals surface area contributed by atoms with Crippen molar-refractivity contribution in [1.29, 1.82) is 0 Å². The molecule has 2 rings (SSSR count). The maximum absolute atomic E-state index is 12.7. The van der Waals surface area contributed by atoms with Gasteiger partial charge in [0.05, 0.1) is 28.7 Å². The SMILES string of the molecule is COC(=O)c1ccccc1NC(=O)C(C(=O)OC(C)C)=C1SC=CS1. The van der Waals surface area contributed by atoms with Crippen LogP contribution >= 0.6 is 23.5 Å². The highest BCUT2D eigenvalue weighted by Crippen LogP contribution is 2.40. The third kappa shape index (κ3) is 4.90. The Labute approximate surface area is 154 Å². The van der Waals surface area contributed by atoms with E-state index in [1.54, 1.807) is 42.9 Å². The van der Waals surface area contributed by atoms with Crippen LogP contribution in [0, 0.1) is 0 Å². The summed E-state index contributed by atoms with van der Waals surface area (Å²) in [6, 6.07) is 6.41. The predicted octanol–water partition coefficient (Wildman–Crippen LogP) is 3.53. The maximum Gasteiger partial charge on any atom is 0.345 e. The standard InChI is InChI=1S/C17H17NO5S2/c1-10(2)23-16(21)13(17-24-8-9-25-17)14(19)18-12-7-5-4-6-11(12)15(20)22-3/h4-10H,1-3H3,(H,18,19). The van der Waals surface area contributed by atoms with Crippen molar-refractivity contribution in [2.75, 3.05) is 12.4 Å². The summed E-state index contributed by atoms with van der Waals surface area (Å²) in [6.07, 6.45) is -0.359. The molecule has 0 aromatic heterocycles. The van der Waals surface area contributed by atoms with E-state index in [0.29, 0.717) is 4.24 Å².